The molecule has 0 fully saturated rings. The molecule has 2 aromatic heterocycles. The number of H-pyrrole nitrogens is 1. The molecule has 0 radical (unpaired) electrons. The van der Waals surface area contributed by atoms with E-state index in [0.717, 1.165) is 16.9 Å². The fraction of sp³-hybridized carbons (Fsp3) is 0.211. The van der Waals surface area contributed by atoms with E-state index in [0.29, 0.717) is 11.3 Å². The van der Waals surface area contributed by atoms with Crippen LogP contribution in [-0.4, -0.2) is 26.6 Å². The first-order valence-corrected chi connectivity index (χ1v) is 8.36. The van der Waals surface area contributed by atoms with Gasteiger partial charge in [-0.15, -0.1) is 0 Å². The molecule has 3 N–H and O–H groups in total. The van der Waals surface area contributed by atoms with Gasteiger partial charge >= 0.3 is 0 Å². The summed E-state index contributed by atoms with van der Waals surface area (Å²) in [4.78, 5) is 27.3. The summed E-state index contributed by atoms with van der Waals surface area (Å²) in [6, 6.07) is 11.2. The molecule has 0 bridgehead atoms. The Bertz CT molecular complexity index is 908. The van der Waals surface area contributed by atoms with E-state index in [2.05, 4.69) is 20.9 Å². The summed E-state index contributed by atoms with van der Waals surface area (Å²) in [6.45, 7) is 6.01. The summed E-state index contributed by atoms with van der Waals surface area (Å²) >= 11 is 0. The summed E-state index contributed by atoms with van der Waals surface area (Å²) in [5.74, 6) is -0.758. The number of nitrogens with zero attached hydrogens (tertiary/aromatic N) is 2. The lowest BCUT2D eigenvalue weighted by Crippen LogP contribution is -2.42. The number of hydrogen-bond acceptors (Lipinski definition) is 3. The Balaban J connectivity index is 1.82. The van der Waals surface area contributed by atoms with Gasteiger partial charge in [0.1, 0.15) is 5.69 Å². The van der Waals surface area contributed by atoms with Crippen molar-refractivity contribution in [3.63, 3.8) is 0 Å². The molecule has 0 saturated heterocycles. The molecule has 134 valence electrons. The molecule has 0 atom stereocenters. The minimum atomic E-state index is -0.416. The van der Waals surface area contributed by atoms with E-state index in [-0.39, 0.29) is 5.92 Å². The minimum Gasteiger partial charge on any atom is -0.357 e. The second kappa shape index (κ2) is 7.26. The van der Waals surface area contributed by atoms with Gasteiger partial charge in [-0.05, 0) is 37.1 Å². The van der Waals surface area contributed by atoms with E-state index >= 15 is 0 Å². The van der Waals surface area contributed by atoms with Crippen molar-refractivity contribution in [2.75, 3.05) is 0 Å². The third-order valence-corrected chi connectivity index (χ3v) is 4.01. The first-order chi connectivity index (χ1) is 12.5. The minimum absolute atomic E-state index is 0.0682. The molecule has 7 heteroatoms. The van der Waals surface area contributed by atoms with Gasteiger partial charge < -0.3 is 4.98 Å². The molecule has 0 saturated carbocycles. The number of aryl methyl sites for hydroxylation is 1. The largest absolute Gasteiger partial charge is 0.357 e. The smallest absolute Gasteiger partial charge is 0.286 e. The van der Waals surface area contributed by atoms with Crippen LogP contribution in [-0.2, 0) is 0 Å². The maximum atomic E-state index is 12.6. The standard InChI is InChI=1S/C19H21N5O2/c1-12(2)17-15(11-21-24(17)14-8-6-13(3)7-9-14)18(25)22-23-19(26)16-5-4-10-20-16/h4-12,20H,1-3H3,(H,22,25)(H,23,26). The topological polar surface area (TPSA) is 91.8 Å². The van der Waals surface area contributed by atoms with Gasteiger partial charge in [-0.2, -0.15) is 5.10 Å². The van der Waals surface area contributed by atoms with Gasteiger partial charge in [0.15, 0.2) is 0 Å². The normalized spacial score (nSPS) is 10.8. The number of aromatic amines is 1. The van der Waals surface area contributed by atoms with Gasteiger partial charge in [0.25, 0.3) is 11.8 Å². The molecule has 0 spiro atoms. The Morgan fingerprint density at radius 2 is 1.77 bits per heavy atom. The van der Waals surface area contributed by atoms with Crippen LogP contribution in [0.25, 0.3) is 5.69 Å². The fourth-order valence-corrected chi connectivity index (χ4v) is 2.70. The molecular weight excluding hydrogens is 330 g/mol. The van der Waals surface area contributed by atoms with Crippen LogP contribution in [0.1, 0.15) is 51.9 Å². The molecule has 2 heterocycles. The maximum absolute atomic E-state index is 12.6. The highest BCUT2D eigenvalue weighted by Gasteiger charge is 2.21. The van der Waals surface area contributed by atoms with Gasteiger partial charge in [0, 0.05) is 6.20 Å². The summed E-state index contributed by atoms with van der Waals surface area (Å²) in [5.41, 5.74) is 8.44. The number of nitrogens with one attached hydrogen (secondary N) is 3. The SMILES string of the molecule is Cc1ccc(-n2ncc(C(=O)NNC(=O)c3ccc[nH]3)c2C(C)C)cc1. The van der Waals surface area contributed by atoms with E-state index in [1.807, 2.05) is 45.0 Å². The first-order valence-electron chi connectivity index (χ1n) is 8.36. The predicted octanol–water partition coefficient (Wildman–Crippen LogP) is 2.71. The maximum Gasteiger partial charge on any atom is 0.286 e. The lowest BCUT2D eigenvalue weighted by molar-refractivity contribution is 0.0843. The molecule has 3 rings (SSSR count). The summed E-state index contributed by atoms with van der Waals surface area (Å²) < 4.78 is 1.76. The van der Waals surface area contributed by atoms with Crippen molar-refractivity contribution in [1.29, 1.82) is 0 Å². The summed E-state index contributed by atoms with van der Waals surface area (Å²) in [6.07, 6.45) is 3.16. The van der Waals surface area contributed by atoms with Crippen LogP contribution >= 0.6 is 0 Å². The third-order valence-electron chi connectivity index (χ3n) is 4.01. The monoisotopic (exact) mass is 351 g/mol. The number of hydrazine groups is 1. The van der Waals surface area contributed by atoms with Crippen LogP contribution < -0.4 is 10.9 Å². The number of carbonyl (C=O) groups excluding carboxylic acids is 2. The molecule has 26 heavy (non-hydrogen) atoms. The summed E-state index contributed by atoms with van der Waals surface area (Å²) in [5, 5.41) is 4.37. The van der Waals surface area contributed by atoms with Gasteiger partial charge in [-0.1, -0.05) is 31.5 Å². The Morgan fingerprint density at radius 1 is 1.08 bits per heavy atom. The van der Waals surface area contributed by atoms with E-state index in [9.17, 15) is 9.59 Å². The van der Waals surface area contributed by atoms with Crippen molar-refractivity contribution in [3.8, 4) is 5.69 Å². The molecule has 0 aliphatic rings. The Morgan fingerprint density at radius 3 is 2.38 bits per heavy atom. The van der Waals surface area contributed by atoms with Crippen molar-refractivity contribution in [1.82, 2.24) is 25.6 Å². The number of aromatic nitrogens is 3. The molecule has 0 unspecified atom stereocenters. The molecule has 7 nitrogen and oxygen atoms in total. The zero-order chi connectivity index (χ0) is 18.7. The highest BCUT2D eigenvalue weighted by molar-refractivity contribution is 5.99. The quantitative estimate of drug-likeness (QED) is 0.631. The first kappa shape index (κ1) is 17.5. The van der Waals surface area contributed by atoms with E-state index in [1.165, 1.54) is 6.20 Å². The number of hydrogen-bond donors (Lipinski definition) is 3. The van der Waals surface area contributed by atoms with Gasteiger partial charge in [0.2, 0.25) is 0 Å². The van der Waals surface area contributed by atoms with Crippen LogP contribution in [0.5, 0.6) is 0 Å². The fourth-order valence-electron chi connectivity index (χ4n) is 2.70. The Hall–Kier alpha value is -3.35. The molecule has 3 aromatic rings. The molecule has 0 aliphatic heterocycles. The van der Waals surface area contributed by atoms with Crippen molar-refractivity contribution in [2.45, 2.75) is 26.7 Å². The zero-order valence-electron chi connectivity index (χ0n) is 14.9. The predicted molar refractivity (Wildman–Crippen MR) is 98.1 cm³/mol. The second-order valence-corrected chi connectivity index (χ2v) is 6.34. The lowest BCUT2D eigenvalue weighted by Gasteiger charge is -2.13. The third kappa shape index (κ3) is 3.51. The average Bonchev–Trinajstić information content (AvgIpc) is 3.29. The number of amides is 2. The molecular formula is C19H21N5O2. The average molecular weight is 351 g/mol. The number of benzene rings is 1. The van der Waals surface area contributed by atoms with Crippen LogP contribution in [0.4, 0.5) is 0 Å². The van der Waals surface area contributed by atoms with Crippen LogP contribution in [0.2, 0.25) is 0 Å². The summed E-state index contributed by atoms with van der Waals surface area (Å²) in [7, 11) is 0. The van der Waals surface area contributed by atoms with Crippen molar-refractivity contribution >= 4 is 11.8 Å². The van der Waals surface area contributed by atoms with Crippen LogP contribution in [0.3, 0.4) is 0 Å². The highest BCUT2D eigenvalue weighted by Crippen LogP contribution is 2.23. The van der Waals surface area contributed by atoms with E-state index in [1.54, 1.807) is 23.0 Å². The van der Waals surface area contributed by atoms with Crippen molar-refractivity contribution < 1.29 is 9.59 Å². The van der Waals surface area contributed by atoms with Crippen LogP contribution in [0.15, 0.2) is 48.8 Å². The molecule has 2 amide bonds. The van der Waals surface area contributed by atoms with E-state index < -0.39 is 11.8 Å². The number of rotatable bonds is 4. The van der Waals surface area contributed by atoms with E-state index in [4.69, 9.17) is 0 Å². The van der Waals surface area contributed by atoms with Crippen molar-refractivity contribution in [3.05, 3.63) is 71.3 Å². The zero-order valence-corrected chi connectivity index (χ0v) is 14.9. The number of carbonyl (C=O) groups is 2. The Labute approximate surface area is 151 Å². The highest BCUT2D eigenvalue weighted by atomic mass is 16.2. The van der Waals surface area contributed by atoms with Crippen LogP contribution in [0, 0.1) is 6.92 Å². The van der Waals surface area contributed by atoms with Gasteiger partial charge in [-0.3, -0.25) is 20.4 Å². The van der Waals surface area contributed by atoms with Gasteiger partial charge in [0.05, 0.1) is 23.1 Å². The van der Waals surface area contributed by atoms with Gasteiger partial charge in [-0.25, -0.2) is 4.68 Å². The molecule has 1 aromatic carbocycles. The lowest BCUT2D eigenvalue weighted by atomic mass is 10.1. The molecule has 0 aliphatic carbocycles. The Kier molecular flexibility index (Phi) is 4.88. The second-order valence-electron chi connectivity index (χ2n) is 6.34. The van der Waals surface area contributed by atoms with Crippen molar-refractivity contribution in [2.24, 2.45) is 0 Å².